The van der Waals surface area contributed by atoms with E-state index < -0.39 is 0 Å². The van der Waals surface area contributed by atoms with Gasteiger partial charge in [0.15, 0.2) is 0 Å². The Morgan fingerprint density at radius 2 is 2.16 bits per heavy atom. The van der Waals surface area contributed by atoms with Gasteiger partial charge < -0.3 is 9.47 Å². The molecule has 0 spiro atoms. The molecule has 0 aromatic heterocycles. The normalized spacial score (nSPS) is 22.9. The molecule has 1 heterocycles. The van der Waals surface area contributed by atoms with Crippen molar-refractivity contribution in [3.8, 4) is 0 Å². The average Bonchev–Trinajstić information content (AvgIpc) is 3.15. The number of rotatable bonds is 6. The van der Waals surface area contributed by atoms with Gasteiger partial charge in [-0.3, -0.25) is 0 Å². The molecule has 1 aromatic carbocycles. The van der Waals surface area contributed by atoms with Crippen LogP contribution in [-0.4, -0.2) is 24.8 Å². The predicted molar refractivity (Wildman–Crippen MR) is 74.4 cm³/mol. The Morgan fingerprint density at radius 3 is 2.79 bits per heavy atom. The van der Waals surface area contributed by atoms with Crippen molar-refractivity contribution in [3.05, 3.63) is 35.4 Å². The summed E-state index contributed by atoms with van der Waals surface area (Å²) in [4.78, 5) is 12.2. The number of hydrogen-bond donors (Lipinski definition) is 0. The third-order valence-corrected chi connectivity index (χ3v) is 3.58. The van der Waals surface area contributed by atoms with E-state index in [1.54, 1.807) is 0 Å². The lowest BCUT2D eigenvalue weighted by Crippen LogP contribution is -2.19. The maximum Gasteiger partial charge on any atom is 0.338 e. The largest absolute Gasteiger partial charge is 0.459 e. The standard InChI is InChI=1S/C16H22O3/c1-4-7-12(2)13-8-5-6-9-14(13)15(17)18-10-16(3)11-19-16/h5-6,8-9,12H,4,7,10-11H2,1-3H3. The molecule has 2 rings (SSSR count). The van der Waals surface area contributed by atoms with Gasteiger partial charge in [-0.1, -0.05) is 38.5 Å². The second kappa shape index (κ2) is 5.74. The molecule has 2 atom stereocenters. The molecule has 3 nitrogen and oxygen atoms in total. The van der Waals surface area contributed by atoms with Crippen molar-refractivity contribution in [2.45, 2.75) is 45.1 Å². The molecule has 0 radical (unpaired) electrons. The van der Waals surface area contributed by atoms with Crippen LogP contribution in [0.4, 0.5) is 0 Å². The Balaban J connectivity index is 2.07. The lowest BCUT2D eigenvalue weighted by atomic mass is 9.92. The van der Waals surface area contributed by atoms with E-state index >= 15 is 0 Å². The van der Waals surface area contributed by atoms with Gasteiger partial charge in [0.05, 0.1) is 12.2 Å². The van der Waals surface area contributed by atoms with Crippen molar-refractivity contribution in [1.82, 2.24) is 0 Å². The van der Waals surface area contributed by atoms with Crippen LogP contribution < -0.4 is 0 Å². The molecule has 1 fully saturated rings. The summed E-state index contributed by atoms with van der Waals surface area (Å²) < 4.78 is 10.6. The van der Waals surface area contributed by atoms with Crippen LogP contribution >= 0.6 is 0 Å². The Bertz CT molecular complexity index is 449. The summed E-state index contributed by atoms with van der Waals surface area (Å²) in [6, 6.07) is 7.73. The number of carbonyl (C=O) groups excluding carboxylic acids is 1. The topological polar surface area (TPSA) is 38.8 Å². The van der Waals surface area contributed by atoms with Crippen molar-refractivity contribution in [2.24, 2.45) is 0 Å². The molecule has 0 aliphatic carbocycles. The van der Waals surface area contributed by atoms with E-state index in [1.807, 2.05) is 31.2 Å². The number of epoxide rings is 1. The molecule has 1 saturated heterocycles. The van der Waals surface area contributed by atoms with Crippen LogP contribution in [0.15, 0.2) is 24.3 Å². The first-order valence-electron chi connectivity index (χ1n) is 6.96. The average molecular weight is 262 g/mol. The smallest absolute Gasteiger partial charge is 0.338 e. The summed E-state index contributed by atoms with van der Waals surface area (Å²) >= 11 is 0. The van der Waals surface area contributed by atoms with Crippen LogP contribution in [0, 0.1) is 0 Å². The highest BCUT2D eigenvalue weighted by molar-refractivity contribution is 5.91. The summed E-state index contributed by atoms with van der Waals surface area (Å²) in [6.45, 7) is 7.27. The Kier molecular flexibility index (Phi) is 4.25. The molecule has 1 aliphatic rings. The Labute approximate surface area is 114 Å². The van der Waals surface area contributed by atoms with Gasteiger partial charge in [-0.15, -0.1) is 0 Å². The summed E-state index contributed by atoms with van der Waals surface area (Å²) in [5, 5.41) is 0. The molecule has 2 unspecified atom stereocenters. The molecular weight excluding hydrogens is 240 g/mol. The highest BCUT2D eigenvalue weighted by Gasteiger charge is 2.40. The summed E-state index contributed by atoms with van der Waals surface area (Å²) in [5.41, 5.74) is 1.52. The fraction of sp³-hybridized carbons (Fsp3) is 0.562. The van der Waals surface area contributed by atoms with Crippen molar-refractivity contribution in [3.63, 3.8) is 0 Å². The minimum absolute atomic E-state index is 0.240. The van der Waals surface area contributed by atoms with Gasteiger partial charge in [-0.2, -0.15) is 0 Å². The van der Waals surface area contributed by atoms with Gasteiger partial charge in [-0.05, 0) is 30.9 Å². The van der Waals surface area contributed by atoms with Crippen LogP contribution in [0.2, 0.25) is 0 Å². The van der Waals surface area contributed by atoms with Crippen molar-refractivity contribution >= 4 is 5.97 Å². The minimum atomic E-state index is -0.250. The van der Waals surface area contributed by atoms with Crippen LogP contribution in [0.5, 0.6) is 0 Å². The minimum Gasteiger partial charge on any atom is -0.459 e. The van der Waals surface area contributed by atoms with Crippen LogP contribution in [0.1, 0.15) is 55.5 Å². The number of hydrogen-bond acceptors (Lipinski definition) is 3. The van der Waals surface area contributed by atoms with Crippen molar-refractivity contribution < 1.29 is 14.3 Å². The lowest BCUT2D eigenvalue weighted by Gasteiger charge is -2.15. The molecule has 0 amide bonds. The quantitative estimate of drug-likeness (QED) is 0.581. The van der Waals surface area contributed by atoms with E-state index in [0.29, 0.717) is 24.7 Å². The van der Waals surface area contributed by atoms with E-state index in [4.69, 9.17) is 9.47 Å². The van der Waals surface area contributed by atoms with Gasteiger partial charge in [0.2, 0.25) is 0 Å². The molecule has 1 aliphatic heterocycles. The number of ether oxygens (including phenoxy) is 2. The molecule has 3 heteroatoms. The molecule has 0 bridgehead atoms. The highest BCUT2D eigenvalue weighted by atomic mass is 16.6. The van der Waals surface area contributed by atoms with E-state index in [2.05, 4.69) is 13.8 Å². The number of carbonyl (C=O) groups is 1. The first-order valence-corrected chi connectivity index (χ1v) is 6.96. The van der Waals surface area contributed by atoms with Gasteiger partial charge in [0.1, 0.15) is 12.2 Å². The van der Waals surface area contributed by atoms with Crippen LogP contribution in [0.3, 0.4) is 0 Å². The third-order valence-electron chi connectivity index (χ3n) is 3.58. The second-order valence-electron chi connectivity index (χ2n) is 5.59. The first-order chi connectivity index (χ1) is 9.06. The third kappa shape index (κ3) is 3.57. The number of benzene rings is 1. The molecule has 104 valence electrons. The van der Waals surface area contributed by atoms with Gasteiger partial charge in [0, 0.05) is 0 Å². The van der Waals surface area contributed by atoms with Gasteiger partial charge in [0.25, 0.3) is 0 Å². The lowest BCUT2D eigenvalue weighted by molar-refractivity contribution is 0.0409. The molecular formula is C16H22O3. The summed E-state index contributed by atoms with van der Waals surface area (Å²) in [5.74, 6) is 0.136. The van der Waals surface area contributed by atoms with Crippen LogP contribution in [0.25, 0.3) is 0 Å². The van der Waals surface area contributed by atoms with Crippen molar-refractivity contribution in [2.75, 3.05) is 13.2 Å². The number of esters is 1. The predicted octanol–water partition coefficient (Wildman–Crippen LogP) is 3.54. The Hall–Kier alpha value is -1.35. The first kappa shape index (κ1) is 14.1. The van der Waals surface area contributed by atoms with E-state index in [1.165, 1.54) is 0 Å². The fourth-order valence-corrected chi connectivity index (χ4v) is 2.20. The van der Waals surface area contributed by atoms with E-state index in [0.717, 1.165) is 18.4 Å². The Morgan fingerprint density at radius 1 is 1.47 bits per heavy atom. The zero-order valence-electron chi connectivity index (χ0n) is 11.9. The fourth-order valence-electron chi connectivity index (χ4n) is 2.20. The van der Waals surface area contributed by atoms with Gasteiger partial charge in [-0.25, -0.2) is 4.79 Å². The van der Waals surface area contributed by atoms with Gasteiger partial charge >= 0.3 is 5.97 Å². The van der Waals surface area contributed by atoms with E-state index in [9.17, 15) is 4.79 Å². The molecule has 1 aromatic rings. The molecule has 0 saturated carbocycles. The van der Waals surface area contributed by atoms with Crippen molar-refractivity contribution in [1.29, 1.82) is 0 Å². The highest BCUT2D eigenvalue weighted by Crippen LogP contribution is 2.28. The maximum atomic E-state index is 12.2. The molecule has 0 N–H and O–H groups in total. The SMILES string of the molecule is CCCC(C)c1ccccc1C(=O)OCC1(C)CO1. The summed E-state index contributed by atoms with van der Waals surface area (Å²) in [7, 11) is 0. The van der Waals surface area contributed by atoms with E-state index in [-0.39, 0.29) is 11.6 Å². The molecule has 19 heavy (non-hydrogen) atoms. The maximum absolute atomic E-state index is 12.2. The zero-order chi connectivity index (χ0) is 13.9. The van der Waals surface area contributed by atoms with Crippen LogP contribution in [-0.2, 0) is 9.47 Å². The second-order valence-corrected chi connectivity index (χ2v) is 5.59. The summed E-state index contributed by atoms with van der Waals surface area (Å²) in [6.07, 6.45) is 2.18. The monoisotopic (exact) mass is 262 g/mol. The zero-order valence-corrected chi connectivity index (χ0v) is 11.9.